The van der Waals surface area contributed by atoms with Gasteiger partial charge in [0, 0.05) is 5.92 Å². The summed E-state index contributed by atoms with van der Waals surface area (Å²) in [6, 6.07) is 29.1. The molecule has 31 heavy (non-hydrogen) atoms. The van der Waals surface area contributed by atoms with Gasteiger partial charge in [0.15, 0.2) is 0 Å². The number of fused-ring (bicyclic) bond motifs is 7. The van der Waals surface area contributed by atoms with Gasteiger partial charge >= 0.3 is 5.97 Å². The molecule has 2 aliphatic rings. The Kier molecular flexibility index (Phi) is 3.90. The van der Waals surface area contributed by atoms with Crippen LogP contribution < -0.4 is 0 Å². The first-order valence-electron chi connectivity index (χ1n) is 10.5. The normalized spacial score (nSPS) is 28.6. The summed E-state index contributed by atoms with van der Waals surface area (Å²) in [6.45, 7) is 2.18. The molecule has 0 spiro atoms. The number of para-hydroxylation sites is 2. The Morgan fingerprint density at radius 2 is 1.55 bits per heavy atom. The molecule has 6 rings (SSSR count). The molecule has 1 saturated heterocycles. The van der Waals surface area contributed by atoms with Crippen LogP contribution in [0, 0.1) is 11.8 Å². The summed E-state index contributed by atoms with van der Waals surface area (Å²) in [5, 5.41) is 0. The van der Waals surface area contributed by atoms with Crippen LogP contribution in [0.25, 0.3) is 11.0 Å². The number of methoxy groups -OCH3 is 1. The van der Waals surface area contributed by atoms with Gasteiger partial charge in [-0.2, -0.15) is 0 Å². The largest absolute Gasteiger partial charge is 0.469 e. The molecular formula is C26H22N2O2S. The van der Waals surface area contributed by atoms with Gasteiger partial charge in [-0.15, -0.1) is 11.8 Å². The predicted molar refractivity (Wildman–Crippen MR) is 123 cm³/mol. The second kappa shape index (κ2) is 6.47. The second-order valence-electron chi connectivity index (χ2n) is 8.32. The van der Waals surface area contributed by atoms with Gasteiger partial charge in [0.05, 0.1) is 24.1 Å². The average molecular weight is 427 g/mol. The zero-order valence-electron chi connectivity index (χ0n) is 17.4. The quantitative estimate of drug-likeness (QED) is 0.424. The highest BCUT2D eigenvalue weighted by Crippen LogP contribution is 2.74. The molecule has 4 nitrogen and oxygen atoms in total. The van der Waals surface area contributed by atoms with Gasteiger partial charge < -0.3 is 9.30 Å². The van der Waals surface area contributed by atoms with E-state index in [2.05, 4.69) is 66.1 Å². The Bertz CT molecular complexity index is 1300. The van der Waals surface area contributed by atoms with Crippen molar-refractivity contribution in [3.63, 3.8) is 0 Å². The van der Waals surface area contributed by atoms with Crippen LogP contribution in [0.5, 0.6) is 0 Å². The van der Waals surface area contributed by atoms with Gasteiger partial charge in [0.2, 0.25) is 0 Å². The number of esters is 1. The molecule has 0 saturated carbocycles. The van der Waals surface area contributed by atoms with Gasteiger partial charge in [-0.25, -0.2) is 4.98 Å². The van der Waals surface area contributed by atoms with Crippen molar-refractivity contribution < 1.29 is 9.53 Å². The number of carbonyl (C=O) groups excluding carboxylic acids is 1. The van der Waals surface area contributed by atoms with Crippen LogP contribution in [0.15, 0.2) is 84.9 Å². The monoisotopic (exact) mass is 426 g/mol. The molecule has 0 unspecified atom stereocenters. The van der Waals surface area contributed by atoms with E-state index in [0.717, 1.165) is 22.4 Å². The number of rotatable bonds is 3. The van der Waals surface area contributed by atoms with Crippen molar-refractivity contribution in [2.24, 2.45) is 11.8 Å². The number of hydrogen-bond donors (Lipinski definition) is 0. The lowest BCUT2D eigenvalue weighted by Crippen LogP contribution is -2.47. The van der Waals surface area contributed by atoms with Crippen molar-refractivity contribution in [1.82, 2.24) is 9.55 Å². The number of aromatic nitrogens is 2. The minimum absolute atomic E-state index is 0.00216. The van der Waals surface area contributed by atoms with Crippen molar-refractivity contribution in [1.29, 1.82) is 0 Å². The Morgan fingerprint density at radius 1 is 0.935 bits per heavy atom. The first kappa shape index (κ1) is 18.7. The van der Waals surface area contributed by atoms with E-state index in [-0.39, 0.29) is 17.8 Å². The van der Waals surface area contributed by atoms with Gasteiger partial charge in [0.1, 0.15) is 15.4 Å². The third kappa shape index (κ3) is 2.17. The SMILES string of the molecule is COC(=O)[C@H]1[C@@H](C)[C@@]2(c3ccccc3)S[C@@]1(c1ccccc1)c1nc3ccccc3n12. The Balaban J connectivity index is 1.77. The number of benzene rings is 3. The molecule has 2 bridgehead atoms. The lowest BCUT2D eigenvalue weighted by atomic mass is 9.70. The standard InChI is InChI=1S/C26H22N2O2S/c1-17-22(23(29)30-2)25(18-11-5-3-6-12-18)24-27-20-15-9-10-16-21(20)28(24)26(17,31-25)19-13-7-4-8-14-19/h3-17,22H,1-2H3/t17-,22-,25-,26+/m1/s1. The maximum absolute atomic E-state index is 13.3. The molecular weight excluding hydrogens is 404 g/mol. The highest BCUT2D eigenvalue weighted by molar-refractivity contribution is 8.02. The highest BCUT2D eigenvalue weighted by Gasteiger charge is 2.73. The minimum Gasteiger partial charge on any atom is -0.469 e. The van der Waals surface area contributed by atoms with Crippen LogP contribution in [0.2, 0.25) is 0 Å². The highest BCUT2D eigenvalue weighted by atomic mass is 32.2. The molecule has 3 aromatic carbocycles. The lowest BCUT2D eigenvalue weighted by Gasteiger charge is -2.39. The van der Waals surface area contributed by atoms with Crippen molar-refractivity contribution in [2.75, 3.05) is 7.11 Å². The first-order valence-corrected chi connectivity index (χ1v) is 11.3. The summed E-state index contributed by atoms with van der Waals surface area (Å²) in [5.74, 6) is 0.397. The van der Waals surface area contributed by atoms with Gasteiger partial charge in [-0.05, 0) is 23.3 Å². The van der Waals surface area contributed by atoms with E-state index in [1.54, 1.807) is 0 Å². The second-order valence-corrected chi connectivity index (χ2v) is 9.79. The smallest absolute Gasteiger partial charge is 0.311 e. The minimum atomic E-state index is -0.622. The topological polar surface area (TPSA) is 44.1 Å². The summed E-state index contributed by atoms with van der Waals surface area (Å²) in [7, 11) is 1.49. The molecule has 5 heteroatoms. The van der Waals surface area contributed by atoms with Crippen molar-refractivity contribution in [3.05, 3.63) is 102 Å². The molecule has 0 radical (unpaired) electrons. The lowest BCUT2D eigenvalue weighted by molar-refractivity contribution is -0.149. The molecule has 0 amide bonds. The van der Waals surface area contributed by atoms with E-state index in [0.29, 0.717) is 0 Å². The Labute approximate surface area is 185 Å². The van der Waals surface area contributed by atoms with Gasteiger partial charge in [-0.3, -0.25) is 4.79 Å². The summed E-state index contributed by atoms with van der Waals surface area (Å²) in [5.41, 5.74) is 4.33. The molecule has 4 atom stereocenters. The molecule has 0 aliphatic carbocycles. The van der Waals surface area contributed by atoms with Crippen LogP contribution in [-0.2, 0) is 19.1 Å². The van der Waals surface area contributed by atoms with E-state index in [9.17, 15) is 4.79 Å². The zero-order chi connectivity index (χ0) is 21.2. The fourth-order valence-electron chi connectivity index (χ4n) is 5.70. The average Bonchev–Trinajstić information content (AvgIpc) is 3.44. The fraction of sp³-hybridized carbons (Fsp3) is 0.231. The summed E-state index contributed by atoms with van der Waals surface area (Å²) in [4.78, 5) is 18.0. The van der Waals surface area contributed by atoms with Gasteiger partial charge in [0.25, 0.3) is 0 Å². The van der Waals surface area contributed by atoms with Crippen molar-refractivity contribution in [3.8, 4) is 0 Å². The van der Waals surface area contributed by atoms with Crippen LogP contribution >= 0.6 is 11.8 Å². The predicted octanol–water partition coefficient (Wildman–Crippen LogP) is 5.17. The maximum atomic E-state index is 13.3. The van der Waals surface area contributed by atoms with E-state index < -0.39 is 9.62 Å². The van der Waals surface area contributed by atoms with Crippen LogP contribution in [0.3, 0.4) is 0 Å². The number of carbonyl (C=O) groups is 1. The number of ether oxygens (including phenoxy) is 1. The number of nitrogens with zero attached hydrogens (tertiary/aromatic N) is 2. The molecule has 1 aromatic heterocycles. The summed E-state index contributed by atoms with van der Waals surface area (Å²) in [6.07, 6.45) is 0. The van der Waals surface area contributed by atoms with Crippen LogP contribution in [-0.4, -0.2) is 22.6 Å². The van der Waals surface area contributed by atoms with E-state index in [4.69, 9.17) is 9.72 Å². The Hall–Kier alpha value is -3.05. The number of hydrogen-bond acceptors (Lipinski definition) is 4. The third-order valence-corrected chi connectivity index (χ3v) is 9.04. The maximum Gasteiger partial charge on any atom is 0.311 e. The molecule has 0 N–H and O–H groups in total. The zero-order valence-corrected chi connectivity index (χ0v) is 18.2. The molecule has 2 aliphatic heterocycles. The molecule has 3 heterocycles. The first-order chi connectivity index (χ1) is 15.1. The summed E-state index contributed by atoms with van der Waals surface area (Å²) >= 11 is 1.84. The van der Waals surface area contributed by atoms with E-state index in [1.165, 1.54) is 12.7 Å². The van der Waals surface area contributed by atoms with Crippen LogP contribution in [0.4, 0.5) is 0 Å². The molecule has 4 aromatic rings. The fourth-order valence-corrected chi connectivity index (χ4v) is 7.96. The number of imidazole rings is 1. The molecule has 1 fully saturated rings. The number of thioether (sulfide) groups is 1. The molecule has 154 valence electrons. The third-order valence-electron chi connectivity index (χ3n) is 6.94. The van der Waals surface area contributed by atoms with E-state index >= 15 is 0 Å². The van der Waals surface area contributed by atoms with Crippen molar-refractivity contribution >= 4 is 28.8 Å². The summed E-state index contributed by atoms with van der Waals surface area (Å²) < 4.78 is 7.15. The van der Waals surface area contributed by atoms with E-state index in [1.807, 2.05) is 42.1 Å². The van der Waals surface area contributed by atoms with Crippen molar-refractivity contribution in [2.45, 2.75) is 16.5 Å². The Morgan fingerprint density at radius 3 is 2.23 bits per heavy atom. The van der Waals surface area contributed by atoms with Crippen LogP contribution in [0.1, 0.15) is 23.9 Å². The van der Waals surface area contributed by atoms with Gasteiger partial charge in [-0.1, -0.05) is 79.7 Å².